The van der Waals surface area contributed by atoms with Crippen molar-refractivity contribution in [3.8, 4) is 0 Å². The summed E-state index contributed by atoms with van der Waals surface area (Å²) in [5, 5.41) is 0. The van der Waals surface area contributed by atoms with Gasteiger partial charge in [0.15, 0.2) is 5.78 Å². The molecule has 0 aromatic heterocycles. The molecule has 2 nitrogen and oxygen atoms in total. The molecule has 102 valence electrons. The summed E-state index contributed by atoms with van der Waals surface area (Å²) in [5.74, 6) is 1.32. The molecule has 1 aromatic rings. The van der Waals surface area contributed by atoms with Crippen LogP contribution in [0.2, 0.25) is 0 Å². The van der Waals surface area contributed by atoms with Gasteiger partial charge in [0.2, 0.25) is 0 Å². The Kier molecular flexibility index (Phi) is 4.08. The Morgan fingerprint density at radius 1 is 1.21 bits per heavy atom. The number of anilines is 1. The summed E-state index contributed by atoms with van der Waals surface area (Å²) in [6.07, 6.45) is 4.17. The summed E-state index contributed by atoms with van der Waals surface area (Å²) in [6, 6.07) is 7.71. The fourth-order valence-electron chi connectivity index (χ4n) is 2.79. The van der Waals surface area contributed by atoms with Crippen LogP contribution < -0.4 is 5.73 Å². The van der Waals surface area contributed by atoms with Crippen molar-refractivity contribution in [2.75, 3.05) is 5.73 Å². The quantitative estimate of drug-likeness (QED) is 0.644. The number of nitrogens with two attached hydrogens (primary N) is 1. The van der Waals surface area contributed by atoms with Crippen LogP contribution in [0.5, 0.6) is 0 Å². The third-order valence-electron chi connectivity index (χ3n) is 4.13. The number of hydrogen-bond acceptors (Lipinski definition) is 2. The normalized spacial score (nSPS) is 26.1. The number of ketones is 1. The molecule has 2 atom stereocenters. The van der Waals surface area contributed by atoms with Crippen molar-refractivity contribution < 1.29 is 4.79 Å². The summed E-state index contributed by atoms with van der Waals surface area (Å²) >= 11 is 0. The molecule has 2 rings (SSSR count). The maximum absolute atomic E-state index is 12.6. The largest absolute Gasteiger partial charge is 0.399 e. The first-order chi connectivity index (χ1) is 8.99. The van der Waals surface area contributed by atoms with Gasteiger partial charge >= 0.3 is 0 Å². The molecule has 0 unspecified atom stereocenters. The van der Waals surface area contributed by atoms with Crippen LogP contribution in [0, 0.1) is 17.8 Å². The summed E-state index contributed by atoms with van der Waals surface area (Å²) in [5.41, 5.74) is 8.49. The van der Waals surface area contributed by atoms with E-state index in [-0.39, 0.29) is 5.92 Å². The molecule has 2 N–H and O–H groups in total. The van der Waals surface area contributed by atoms with Crippen molar-refractivity contribution in [3.05, 3.63) is 35.4 Å². The maximum atomic E-state index is 12.6. The van der Waals surface area contributed by atoms with Crippen LogP contribution in [-0.4, -0.2) is 5.78 Å². The van der Waals surface area contributed by atoms with Gasteiger partial charge in [-0.3, -0.25) is 4.79 Å². The van der Waals surface area contributed by atoms with E-state index in [0.717, 1.165) is 29.7 Å². The zero-order valence-electron chi connectivity index (χ0n) is 12.0. The minimum atomic E-state index is 0.191. The molecule has 0 heterocycles. The number of nitrogen functional groups attached to an aromatic ring is 1. The average Bonchev–Trinajstić information content (AvgIpc) is 2.36. The fraction of sp³-hybridized carbons (Fsp3) is 0.471. The first-order valence-corrected chi connectivity index (χ1v) is 7.10. The Hall–Kier alpha value is -1.57. The van der Waals surface area contributed by atoms with Gasteiger partial charge in [-0.05, 0) is 54.0 Å². The summed E-state index contributed by atoms with van der Waals surface area (Å²) in [6.45, 7) is 6.43. The van der Waals surface area contributed by atoms with Gasteiger partial charge < -0.3 is 5.73 Å². The monoisotopic (exact) mass is 257 g/mol. The predicted octanol–water partition coefficient (Wildman–Crippen LogP) is 3.92. The van der Waals surface area contributed by atoms with E-state index >= 15 is 0 Å². The van der Waals surface area contributed by atoms with Crippen LogP contribution in [0.25, 0.3) is 6.08 Å². The van der Waals surface area contributed by atoms with E-state index < -0.39 is 0 Å². The smallest absolute Gasteiger partial charge is 0.162 e. The Morgan fingerprint density at radius 3 is 2.42 bits per heavy atom. The van der Waals surface area contributed by atoms with E-state index in [1.54, 1.807) is 0 Å². The second-order valence-corrected chi connectivity index (χ2v) is 5.96. The summed E-state index contributed by atoms with van der Waals surface area (Å²) in [7, 11) is 0. The molecule has 1 saturated carbocycles. The maximum Gasteiger partial charge on any atom is 0.162 e. The molecule has 1 fully saturated rings. The molecule has 0 aliphatic heterocycles. The van der Waals surface area contributed by atoms with Crippen molar-refractivity contribution in [3.63, 3.8) is 0 Å². The van der Waals surface area contributed by atoms with Crippen LogP contribution in [0.15, 0.2) is 29.8 Å². The van der Waals surface area contributed by atoms with Gasteiger partial charge in [-0.15, -0.1) is 0 Å². The Balaban J connectivity index is 2.29. The van der Waals surface area contributed by atoms with Crippen molar-refractivity contribution >= 4 is 17.5 Å². The third-order valence-corrected chi connectivity index (χ3v) is 4.13. The molecule has 0 amide bonds. The minimum Gasteiger partial charge on any atom is -0.399 e. The molecule has 19 heavy (non-hydrogen) atoms. The lowest BCUT2D eigenvalue weighted by atomic mass is 9.73. The van der Waals surface area contributed by atoms with E-state index in [1.165, 1.54) is 0 Å². The van der Waals surface area contributed by atoms with Gasteiger partial charge in [0.1, 0.15) is 0 Å². The standard InChI is InChI=1S/C17H23NO/c1-11(2)15-9-4-12(3)16(17(15)19)10-13-5-7-14(18)8-6-13/h5-8,10-12,15H,4,9,18H2,1-3H3/t12-,15+/m1/s1. The van der Waals surface area contributed by atoms with Crippen molar-refractivity contribution in [2.45, 2.75) is 33.6 Å². The molecule has 2 heteroatoms. The van der Waals surface area contributed by atoms with Crippen LogP contribution in [0.3, 0.4) is 0 Å². The molecular formula is C17H23NO. The fourth-order valence-corrected chi connectivity index (χ4v) is 2.79. The number of carbonyl (C=O) groups excluding carboxylic acids is 1. The SMILES string of the molecule is CC(C)[C@@H]1CC[C@@H](C)C(=Cc2ccc(N)cc2)C1=O. The molecular weight excluding hydrogens is 234 g/mol. The molecule has 0 radical (unpaired) electrons. The Morgan fingerprint density at radius 2 is 1.84 bits per heavy atom. The highest BCUT2D eigenvalue weighted by Crippen LogP contribution is 2.35. The molecule has 0 saturated heterocycles. The number of benzene rings is 1. The van der Waals surface area contributed by atoms with E-state index in [2.05, 4.69) is 20.8 Å². The van der Waals surface area contributed by atoms with Crippen LogP contribution >= 0.6 is 0 Å². The Labute approximate surface area is 115 Å². The topological polar surface area (TPSA) is 43.1 Å². The first-order valence-electron chi connectivity index (χ1n) is 7.10. The lowest BCUT2D eigenvalue weighted by molar-refractivity contribution is -0.122. The highest BCUT2D eigenvalue weighted by Gasteiger charge is 2.32. The summed E-state index contributed by atoms with van der Waals surface area (Å²) < 4.78 is 0. The third kappa shape index (κ3) is 3.06. The number of carbonyl (C=O) groups is 1. The molecule has 1 aromatic carbocycles. The van der Waals surface area contributed by atoms with Gasteiger partial charge in [0.25, 0.3) is 0 Å². The van der Waals surface area contributed by atoms with E-state index in [1.807, 2.05) is 30.3 Å². The predicted molar refractivity (Wildman–Crippen MR) is 80.6 cm³/mol. The van der Waals surface area contributed by atoms with E-state index in [0.29, 0.717) is 17.6 Å². The molecule has 1 aliphatic carbocycles. The van der Waals surface area contributed by atoms with Gasteiger partial charge in [0, 0.05) is 11.6 Å². The number of allylic oxidation sites excluding steroid dienone is 1. The highest BCUT2D eigenvalue weighted by atomic mass is 16.1. The van der Waals surface area contributed by atoms with Gasteiger partial charge in [0.05, 0.1) is 0 Å². The number of rotatable bonds is 2. The molecule has 0 spiro atoms. The zero-order valence-corrected chi connectivity index (χ0v) is 12.0. The van der Waals surface area contributed by atoms with E-state index in [9.17, 15) is 4.79 Å². The van der Waals surface area contributed by atoms with Crippen molar-refractivity contribution in [2.24, 2.45) is 17.8 Å². The van der Waals surface area contributed by atoms with Gasteiger partial charge in [-0.25, -0.2) is 0 Å². The van der Waals surface area contributed by atoms with Crippen LogP contribution in [0.1, 0.15) is 39.2 Å². The zero-order chi connectivity index (χ0) is 14.0. The Bertz CT molecular complexity index is 484. The second kappa shape index (κ2) is 5.60. The lowest BCUT2D eigenvalue weighted by Crippen LogP contribution is -2.30. The average molecular weight is 257 g/mol. The first kappa shape index (κ1) is 13.9. The lowest BCUT2D eigenvalue weighted by Gasteiger charge is -2.30. The molecule has 1 aliphatic rings. The van der Waals surface area contributed by atoms with Crippen LogP contribution in [0.4, 0.5) is 5.69 Å². The number of hydrogen-bond donors (Lipinski definition) is 1. The van der Waals surface area contributed by atoms with Crippen LogP contribution in [-0.2, 0) is 4.79 Å². The minimum absolute atomic E-state index is 0.191. The van der Waals surface area contributed by atoms with Crippen molar-refractivity contribution in [1.82, 2.24) is 0 Å². The van der Waals surface area contributed by atoms with Crippen molar-refractivity contribution in [1.29, 1.82) is 0 Å². The second-order valence-electron chi connectivity index (χ2n) is 5.96. The molecule has 0 bridgehead atoms. The highest BCUT2D eigenvalue weighted by molar-refractivity contribution is 6.02. The van der Waals surface area contributed by atoms with Gasteiger partial charge in [-0.1, -0.05) is 32.9 Å². The number of Topliss-reactive ketones (excluding diaryl/α,β-unsaturated/α-hetero) is 1. The summed E-state index contributed by atoms with van der Waals surface area (Å²) in [4.78, 5) is 12.6. The van der Waals surface area contributed by atoms with E-state index in [4.69, 9.17) is 5.73 Å². The van der Waals surface area contributed by atoms with Gasteiger partial charge in [-0.2, -0.15) is 0 Å².